The molecule has 0 aromatic carbocycles. The second-order valence-electron chi connectivity index (χ2n) is 0. The van der Waals surface area contributed by atoms with Crippen molar-refractivity contribution in [3.8, 4) is 0 Å². The Bertz CT molecular complexity index is 33.0. The van der Waals surface area contributed by atoms with Gasteiger partial charge in [0.15, 0.2) is 0 Å². The molecule has 0 spiro atoms. The maximum Gasteiger partial charge on any atom is 5.00 e. The molecule has 0 heterocycles. The summed E-state index contributed by atoms with van der Waals surface area (Å²) in [5.74, 6) is 0. The Balaban J connectivity index is 0. The van der Waals surface area contributed by atoms with Gasteiger partial charge in [0, 0.05) is 43.4 Å². The Kier molecular flexibility index (Phi) is 1210. The Morgan fingerprint density at radius 3 is 0.455 bits per heavy atom. The zero-order chi connectivity index (χ0) is 0. The van der Waals surface area contributed by atoms with Crippen LogP contribution < -0.4 is 0 Å². The summed E-state index contributed by atoms with van der Waals surface area (Å²) in [7, 11) is 0. The van der Waals surface area contributed by atoms with E-state index in [9.17, 15) is 0 Å². The Morgan fingerprint density at radius 1 is 0.455 bits per heavy atom. The van der Waals surface area contributed by atoms with Crippen molar-refractivity contribution >= 4 is 91.0 Å². The number of hydrogen-bond donors (Lipinski definition) is 0. The van der Waals surface area contributed by atoms with Crippen LogP contribution in [-0.4, -0.2) is 91.0 Å². The molecule has 0 saturated heterocycles. The van der Waals surface area contributed by atoms with Crippen molar-refractivity contribution in [1.29, 1.82) is 0 Å². The summed E-state index contributed by atoms with van der Waals surface area (Å²) in [6.07, 6.45) is 0. The van der Waals surface area contributed by atoms with Crippen LogP contribution in [0.25, 0.3) is 0 Å². The third kappa shape index (κ3) is 91.1. The first kappa shape index (κ1) is 127. The molecule has 0 aliphatic heterocycles. The third-order valence-corrected chi connectivity index (χ3v) is 0. The summed E-state index contributed by atoms with van der Waals surface area (Å²) in [6, 6.07) is 0. The van der Waals surface area contributed by atoms with Crippen LogP contribution in [0.3, 0.4) is 0 Å². The van der Waals surface area contributed by atoms with E-state index in [1.165, 1.54) is 0 Å². The number of rotatable bonds is 0. The van der Waals surface area contributed by atoms with Gasteiger partial charge >= 0.3 is 136 Å². The molecule has 0 N–H and O–H groups in total. The van der Waals surface area contributed by atoms with Crippen LogP contribution in [0, 0.1) is 0 Å². The average Bonchev–Trinajstić information content (AvgIpc) is 0. The van der Waals surface area contributed by atoms with E-state index in [2.05, 4.69) is 0 Å². The van der Waals surface area contributed by atoms with E-state index >= 15 is 0 Å². The van der Waals surface area contributed by atoms with Crippen molar-refractivity contribution in [2.24, 2.45) is 0 Å². The molecule has 0 aliphatic carbocycles. The van der Waals surface area contributed by atoms with Gasteiger partial charge in [0.1, 0.15) is 0 Å². The second kappa shape index (κ2) is 105. The molecular weight excluding hydrogens is 537 g/mol. The molecule has 0 aliphatic rings. The van der Waals surface area contributed by atoms with Crippen LogP contribution in [-0.2, 0) is 116 Å². The van der Waals surface area contributed by atoms with Gasteiger partial charge in [-0.15, -0.1) is 0 Å². The van der Waals surface area contributed by atoms with E-state index in [4.69, 9.17) is 0 Å². The van der Waals surface area contributed by atoms with Crippen molar-refractivity contribution in [2.45, 2.75) is 0 Å². The largest absolute Gasteiger partial charge is 5.00 e. The molecular formula is H4Nb2O5Sr2Ti2. The summed E-state index contributed by atoms with van der Waals surface area (Å²) in [6.45, 7) is 0. The fourth-order valence-electron chi connectivity index (χ4n) is 0. The molecule has 0 bridgehead atoms. The van der Waals surface area contributed by atoms with Crippen molar-refractivity contribution in [1.82, 2.24) is 0 Å². The molecule has 0 amide bonds. The van der Waals surface area contributed by atoms with Crippen LogP contribution in [0.2, 0.25) is 0 Å². The first-order valence-corrected chi connectivity index (χ1v) is 0. The van der Waals surface area contributed by atoms with E-state index in [0.717, 1.165) is 0 Å². The van der Waals surface area contributed by atoms with Gasteiger partial charge in [-0.2, -0.15) is 0 Å². The van der Waals surface area contributed by atoms with E-state index < -0.39 is 0 Å². The molecule has 0 atom stereocenters. The van der Waals surface area contributed by atoms with E-state index in [0.29, 0.717) is 0 Å². The fraction of sp³-hybridized carbons (Fsp3) is 0. The van der Waals surface area contributed by atoms with E-state index in [1.54, 1.807) is 0 Å². The minimum Gasteiger partial charge on any atom is -2.00 e. The topological polar surface area (TPSA) is 142 Å². The maximum atomic E-state index is 0. The summed E-state index contributed by atoms with van der Waals surface area (Å²) in [5, 5.41) is 0. The Hall–Kier alpha value is 5.67. The van der Waals surface area contributed by atoms with Gasteiger partial charge in [0.2, 0.25) is 0 Å². The zero-order valence-corrected chi connectivity index (χ0v) is 19.8. The van der Waals surface area contributed by atoms with Crippen molar-refractivity contribution in [3.63, 3.8) is 0 Å². The molecule has 11 heavy (non-hydrogen) atoms. The van der Waals surface area contributed by atoms with Crippen molar-refractivity contribution in [3.05, 3.63) is 0 Å². The minimum atomic E-state index is 0. The number of hydrogen-bond acceptors (Lipinski definition) is 0. The van der Waals surface area contributed by atoms with Crippen molar-refractivity contribution < 1.29 is 121 Å². The van der Waals surface area contributed by atoms with Gasteiger partial charge in [0.05, 0.1) is 0 Å². The average molecular weight is 541 g/mol. The molecule has 5 nitrogen and oxygen atoms in total. The molecule has 0 fully saturated rings. The monoisotopic (exact) mass is 542 g/mol. The fourth-order valence-corrected chi connectivity index (χ4v) is 0. The molecule has 0 radical (unpaired) electrons. The van der Waals surface area contributed by atoms with Crippen LogP contribution in [0.5, 0.6) is 0 Å². The standard InChI is InChI=1S/2Nb.5O.2Sr.2Ti.4H/q2*+5;5*-2;2*+2;;;4*-1. The van der Waals surface area contributed by atoms with Gasteiger partial charge in [-0.3, -0.25) is 0 Å². The predicted octanol–water partition coefficient (Wildman–Crippen LogP) is -0.916. The smallest absolute Gasteiger partial charge is 2.00 e. The maximum absolute atomic E-state index is 0. The Labute approximate surface area is 207 Å². The molecule has 0 aromatic heterocycles. The third-order valence-electron chi connectivity index (χ3n) is 0. The van der Waals surface area contributed by atoms with Gasteiger partial charge in [-0.05, 0) is 0 Å². The van der Waals surface area contributed by atoms with Crippen LogP contribution in [0.15, 0.2) is 0 Å². The first-order chi connectivity index (χ1) is 0. The summed E-state index contributed by atoms with van der Waals surface area (Å²) >= 11 is 0. The quantitative estimate of drug-likeness (QED) is 0.351. The minimum absolute atomic E-state index is 0. The van der Waals surface area contributed by atoms with E-state index in [-0.39, 0.29) is 212 Å². The zero-order valence-electron chi connectivity index (χ0n) is 9.35. The molecule has 0 rings (SSSR count). The van der Waals surface area contributed by atoms with Crippen LogP contribution >= 0.6 is 0 Å². The van der Waals surface area contributed by atoms with Crippen LogP contribution in [0.4, 0.5) is 0 Å². The van der Waals surface area contributed by atoms with Crippen molar-refractivity contribution in [2.75, 3.05) is 0 Å². The molecule has 11 heteroatoms. The summed E-state index contributed by atoms with van der Waals surface area (Å²) in [5.41, 5.74) is 0. The molecule has 0 unspecified atom stereocenters. The Morgan fingerprint density at radius 2 is 0.455 bits per heavy atom. The summed E-state index contributed by atoms with van der Waals surface area (Å²) in [4.78, 5) is 0. The second-order valence-corrected chi connectivity index (χ2v) is 0. The molecule has 0 aromatic rings. The predicted molar refractivity (Wildman–Crippen MR) is 19.4 cm³/mol. The van der Waals surface area contributed by atoms with E-state index in [1.807, 2.05) is 0 Å². The first-order valence-electron chi connectivity index (χ1n) is 0. The van der Waals surface area contributed by atoms with Gasteiger partial charge < -0.3 is 33.1 Å². The van der Waals surface area contributed by atoms with Gasteiger partial charge in [0.25, 0.3) is 0 Å². The molecule has 56 valence electrons. The van der Waals surface area contributed by atoms with Gasteiger partial charge in [-0.25, -0.2) is 0 Å². The SMILES string of the molecule is [H-].[H-].[H-].[H-].[Nb+5].[Nb+5].[O-2].[O-2].[O-2].[O-2].[O-2].[Sr+2].[Sr+2].[Ti].[Ti]. The van der Waals surface area contributed by atoms with Crippen LogP contribution in [0.1, 0.15) is 5.71 Å². The van der Waals surface area contributed by atoms with Gasteiger partial charge in [-0.1, -0.05) is 0 Å². The molecule has 0 saturated carbocycles. The normalized spacial score (nSPS) is 0. The summed E-state index contributed by atoms with van der Waals surface area (Å²) < 4.78 is 0.